The zero-order valence-corrected chi connectivity index (χ0v) is 12.8. The number of hydrogen-bond acceptors (Lipinski definition) is 5. The molecule has 0 bridgehead atoms. The number of nitrogens with one attached hydrogen (secondary N) is 1. The Kier molecular flexibility index (Phi) is 3.76. The molecular weight excluding hydrogens is 292 g/mol. The number of anilines is 2. The van der Waals surface area contributed by atoms with E-state index in [1.54, 1.807) is 6.07 Å². The van der Waals surface area contributed by atoms with E-state index >= 15 is 0 Å². The molecule has 3 rings (SSSR count). The molecule has 1 aromatic carbocycles. The van der Waals surface area contributed by atoms with Crippen molar-refractivity contribution < 1.29 is 4.79 Å². The standard InChI is InChI=1S/C16H16N6O/c1-10-8-11(2)22(21-10)13-5-3-4-12(9-13)20-16(23)14-15(17)19-7-6-18-14/h3-9H,1-2H3,(H2,17,19)(H,20,23). The first-order chi connectivity index (χ1) is 11.0. The number of nitrogens with two attached hydrogens (primary N) is 1. The van der Waals surface area contributed by atoms with Crippen molar-refractivity contribution in [3.63, 3.8) is 0 Å². The Morgan fingerprint density at radius 3 is 2.65 bits per heavy atom. The van der Waals surface area contributed by atoms with Crippen molar-refractivity contribution in [1.82, 2.24) is 19.7 Å². The zero-order valence-electron chi connectivity index (χ0n) is 12.8. The normalized spacial score (nSPS) is 10.5. The fourth-order valence-corrected chi connectivity index (χ4v) is 2.32. The van der Waals surface area contributed by atoms with Crippen LogP contribution >= 0.6 is 0 Å². The van der Waals surface area contributed by atoms with Gasteiger partial charge in [-0.1, -0.05) is 6.07 Å². The number of nitrogen functional groups attached to an aromatic ring is 1. The lowest BCUT2D eigenvalue weighted by Gasteiger charge is -2.09. The van der Waals surface area contributed by atoms with E-state index in [-0.39, 0.29) is 11.5 Å². The van der Waals surface area contributed by atoms with Crippen LogP contribution in [0.1, 0.15) is 21.9 Å². The van der Waals surface area contributed by atoms with Crippen molar-refractivity contribution in [2.24, 2.45) is 0 Å². The molecule has 0 aliphatic carbocycles. The van der Waals surface area contributed by atoms with E-state index < -0.39 is 5.91 Å². The van der Waals surface area contributed by atoms with Crippen LogP contribution < -0.4 is 11.1 Å². The maximum atomic E-state index is 12.2. The summed E-state index contributed by atoms with van der Waals surface area (Å²) >= 11 is 0. The summed E-state index contributed by atoms with van der Waals surface area (Å²) in [5.41, 5.74) is 9.21. The second-order valence-corrected chi connectivity index (χ2v) is 5.13. The van der Waals surface area contributed by atoms with E-state index in [0.717, 1.165) is 17.1 Å². The van der Waals surface area contributed by atoms with Crippen LogP contribution in [0.3, 0.4) is 0 Å². The van der Waals surface area contributed by atoms with E-state index in [1.807, 2.05) is 42.8 Å². The van der Waals surface area contributed by atoms with E-state index in [2.05, 4.69) is 20.4 Å². The van der Waals surface area contributed by atoms with E-state index in [0.29, 0.717) is 5.69 Å². The van der Waals surface area contributed by atoms with Crippen molar-refractivity contribution >= 4 is 17.4 Å². The Hall–Kier alpha value is -3.22. The second kappa shape index (κ2) is 5.88. The molecular formula is C16H16N6O. The van der Waals surface area contributed by atoms with Gasteiger partial charge in [-0.15, -0.1) is 0 Å². The van der Waals surface area contributed by atoms with Gasteiger partial charge in [-0.3, -0.25) is 4.79 Å². The average Bonchev–Trinajstić information content (AvgIpc) is 2.86. The quantitative estimate of drug-likeness (QED) is 0.772. The smallest absolute Gasteiger partial charge is 0.278 e. The fraction of sp³-hybridized carbons (Fsp3) is 0.125. The van der Waals surface area contributed by atoms with E-state index in [1.165, 1.54) is 12.4 Å². The molecule has 0 spiro atoms. The van der Waals surface area contributed by atoms with E-state index in [4.69, 9.17) is 5.73 Å². The molecule has 23 heavy (non-hydrogen) atoms. The molecule has 3 aromatic rings. The number of amides is 1. The Morgan fingerprint density at radius 1 is 1.17 bits per heavy atom. The van der Waals surface area contributed by atoms with Gasteiger partial charge in [0.25, 0.3) is 5.91 Å². The molecule has 2 heterocycles. The first-order valence-corrected chi connectivity index (χ1v) is 7.06. The molecule has 0 unspecified atom stereocenters. The molecule has 0 fully saturated rings. The van der Waals surface area contributed by atoms with Gasteiger partial charge >= 0.3 is 0 Å². The predicted molar refractivity (Wildman–Crippen MR) is 87.4 cm³/mol. The third-order valence-electron chi connectivity index (χ3n) is 3.30. The lowest BCUT2D eigenvalue weighted by molar-refractivity contribution is 0.102. The topological polar surface area (TPSA) is 98.7 Å². The Morgan fingerprint density at radius 2 is 1.96 bits per heavy atom. The summed E-state index contributed by atoms with van der Waals surface area (Å²) in [4.78, 5) is 20.1. The zero-order chi connectivity index (χ0) is 16.4. The van der Waals surface area contributed by atoms with Gasteiger partial charge in [0.15, 0.2) is 11.5 Å². The van der Waals surface area contributed by atoms with Crippen LogP contribution in [0.4, 0.5) is 11.5 Å². The predicted octanol–water partition coefficient (Wildman–Crippen LogP) is 2.11. The number of hydrogen-bond donors (Lipinski definition) is 2. The van der Waals surface area contributed by atoms with Crippen LogP contribution in [0, 0.1) is 13.8 Å². The molecule has 1 amide bonds. The van der Waals surface area contributed by atoms with Crippen LogP contribution in [0.15, 0.2) is 42.7 Å². The first kappa shape index (κ1) is 14.7. The van der Waals surface area contributed by atoms with Gasteiger partial charge in [0.05, 0.1) is 11.4 Å². The number of carbonyl (C=O) groups is 1. The molecule has 116 valence electrons. The van der Waals surface area contributed by atoms with Gasteiger partial charge < -0.3 is 11.1 Å². The highest BCUT2D eigenvalue weighted by atomic mass is 16.1. The summed E-state index contributed by atoms with van der Waals surface area (Å²) in [6.45, 7) is 3.91. The van der Waals surface area contributed by atoms with Gasteiger partial charge in [0.2, 0.25) is 0 Å². The van der Waals surface area contributed by atoms with Crippen molar-refractivity contribution in [2.45, 2.75) is 13.8 Å². The summed E-state index contributed by atoms with van der Waals surface area (Å²) in [6, 6.07) is 9.39. The molecule has 3 N–H and O–H groups in total. The maximum absolute atomic E-state index is 12.2. The maximum Gasteiger partial charge on any atom is 0.278 e. The minimum atomic E-state index is -0.402. The summed E-state index contributed by atoms with van der Waals surface area (Å²) in [6.07, 6.45) is 2.87. The number of rotatable bonds is 3. The van der Waals surface area contributed by atoms with Crippen LogP contribution in [0.2, 0.25) is 0 Å². The van der Waals surface area contributed by atoms with Gasteiger partial charge in [0, 0.05) is 23.8 Å². The number of carbonyl (C=O) groups excluding carboxylic acids is 1. The average molecular weight is 308 g/mol. The van der Waals surface area contributed by atoms with Crippen molar-refractivity contribution in [2.75, 3.05) is 11.1 Å². The van der Waals surface area contributed by atoms with Crippen LogP contribution in [-0.2, 0) is 0 Å². The largest absolute Gasteiger partial charge is 0.382 e. The number of aryl methyl sites for hydroxylation is 2. The van der Waals surface area contributed by atoms with Crippen LogP contribution in [-0.4, -0.2) is 25.7 Å². The van der Waals surface area contributed by atoms with Crippen molar-refractivity contribution in [1.29, 1.82) is 0 Å². The number of aromatic nitrogens is 4. The van der Waals surface area contributed by atoms with Gasteiger partial charge in [0.1, 0.15) is 0 Å². The molecule has 7 heteroatoms. The molecule has 0 saturated heterocycles. The lowest BCUT2D eigenvalue weighted by Crippen LogP contribution is -2.16. The minimum Gasteiger partial charge on any atom is -0.382 e. The molecule has 0 radical (unpaired) electrons. The third kappa shape index (κ3) is 3.03. The summed E-state index contributed by atoms with van der Waals surface area (Å²) in [7, 11) is 0. The highest BCUT2D eigenvalue weighted by molar-refractivity contribution is 6.05. The fourth-order valence-electron chi connectivity index (χ4n) is 2.32. The molecule has 7 nitrogen and oxygen atoms in total. The summed E-state index contributed by atoms with van der Waals surface area (Å²) in [5, 5.41) is 7.21. The van der Waals surface area contributed by atoms with Crippen LogP contribution in [0.25, 0.3) is 5.69 Å². The van der Waals surface area contributed by atoms with Crippen LogP contribution in [0.5, 0.6) is 0 Å². The highest BCUT2D eigenvalue weighted by Gasteiger charge is 2.13. The Bertz CT molecular complexity index is 871. The molecule has 0 aliphatic heterocycles. The van der Waals surface area contributed by atoms with E-state index in [9.17, 15) is 4.79 Å². The SMILES string of the molecule is Cc1cc(C)n(-c2cccc(NC(=O)c3nccnc3N)c2)n1. The molecule has 0 aliphatic rings. The highest BCUT2D eigenvalue weighted by Crippen LogP contribution is 2.17. The third-order valence-corrected chi connectivity index (χ3v) is 3.30. The Balaban J connectivity index is 1.87. The van der Waals surface area contributed by atoms with Gasteiger partial charge in [-0.25, -0.2) is 14.6 Å². The van der Waals surface area contributed by atoms with Gasteiger partial charge in [-0.05, 0) is 38.1 Å². The summed E-state index contributed by atoms with van der Waals surface area (Å²) < 4.78 is 1.82. The Labute approximate surface area is 133 Å². The minimum absolute atomic E-state index is 0.0969. The molecule has 2 aromatic heterocycles. The first-order valence-electron chi connectivity index (χ1n) is 7.06. The monoisotopic (exact) mass is 308 g/mol. The number of benzene rings is 1. The number of nitrogens with zero attached hydrogens (tertiary/aromatic N) is 4. The molecule has 0 atom stereocenters. The van der Waals surface area contributed by atoms with Crippen molar-refractivity contribution in [3.05, 3.63) is 59.8 Å². The molecule has 0 saturated carbocycles. The van der Waals surface area contributed by atoms with Crippen molar-refractivity contribution in [3.8, 4) is 5.69 Å². The lowest BCUT2D eigenvalue weighted by atomic mass is 10.2. The van der Waals surface area contributed by atoms with Gasteiger partial charge in [-0.2, -0.15) is 5.10 Å². The summed E-state index contributed by atoms with van der Waals surface area (Å²) in [5.74, 6) is -0.305. The second-order valence-electron chi connectivity index (χ2n) is 5.13.